The molecule has 1 atom stereocenters. The molecular formula is C11H15FN2O2. The molecule has 0 bridgehead atoms. The summed E-state index contributed by atoms with van der Waals surface area (Å²) in [6, 6.07) is 1.45. The van der Waals surface area contributed by atoms with Crippen LogP contribution < -0.4 is 4.90 Å². The van der Waals surface area contributed by atoms with Crippen molar-refractivity contribution in [2.24, 2.45) is 0 Å². The van der Waals surface area contributed by atoms with Gasteiger partial charge in [-0.05, 0) is 19.4 Å². The lowest BCUT2D eigenvalue weighted by Gasteiger charge is -2.20. The monoisotopic (exact) mass is 226 g/mol. The van der Waals surface area contributed by atoms with E-state index in [4.69, 9.17) is 5.11 Å². The summed E-state index contributed by atoms with van der Waals surface area (Å²) in [7, 11) is 0. The van der Waals surface area contributed by atoms with Crippen molar-refractivity contribution in [3.63, 3.8) is 0 Å². The first-order valence-electron chi connectivity index (χ1n) is 5.25. The van der Waals surface area contributed by atoms with Gasteiger partial charge in [0.1, 0.15) is 0 Å². The van der Waals surface area contributed by atoms with Gasteiger partial charge in [0, 0.05) is 24.8 Å². The van der Waals surface area contributed by atoms with Crippen molar-refractivity contribution >= 4 is 5.82 Å². The lowest BCUT2D eigenvalue weighted by Crippen LogP contribution is -2.30. The number of β-amino-alcohol motifs (C(OH)–C–C–N with tert-alkyl or cyclic N) is 1. The van der Waals surface area contributed by atoms with Crippen molar-refractivity contribution in [1.29, 1.82) is 0 Å². The van der Waals surface area contributed by atoms with Crippen LogP contribution in [-0.4, -0.2) is 33.9 Å². The van der Waals surface area contributed by atoms with E-state index >= 15 is 0 Å². The van der Waals surface area contributed by atoms with Crippen LogP contribution in [-0.2, 0) is 6.61 Å². The van der Waals surface area contributed by atoms with E-state index < -0.39 is 11.4 Å². The molecule has 1 aromatic heterocycles. The highest BCUT2D eigenvalue weighted by molar-refractivity contribution is 5.44. The number of halogens is 1. The van der Waals surface area contributed by atoms with Crippen molar-refractivity contribution < 1.29 is 14.6 Å². The zero-order valence-corrected chi connectivity index (χ0v) is 9.15. The Kier molecular flexibility index (Phi) is 2.82. The number of anilines is 1. The number of aromatic nitrogens is 1. The first-order valence-corrected chi connectivity index (χ1v) is 5.25. The molecule has 1 unspecified atom stereocenters. The van der Waals surface area contributed by atoms with E-state index in [1.165, 1.54) is 12.3 Å². The zero-order chi connectivity index (χ0) is 11.8. The molecule has 5 heteroatoms. The average molecular weight is 226 g/mol. The highest BCUT2D eigenvalue weighted by Crippen LogP contribution is 2.27. The van der Waals surface area contributed by atoms with Gasteiger partial charge in [-0.3, -0.25) is 0 Å². The molecule has 0 radical (unpaired) electrons. The van der Waals surface area contributed by atoms with Crippen molar-refractivity contribution in [2.75, 3.05) is 18.0 Å². The second kappa shape index (κ2) is 3.99. The molecular weight excluding hydrogens is 211 g/mol. The Morgan fingerprint density at radius 1 is 1.62 bits per heavy atom. The standard InChI is InChI=1S/C11H15FN2O2/c1-11(16)3-5-14(7-11)10-9(12)8(6-15)2-4-13-10/h2,4,15-16H,3,5-7H2,1H3. The normalized spacial score (nSPS) is 25.1. The van der Waals surface area contributed by atoms with E-state index in [9.17, 15) is 9.50 Å². The van der Waals surface area contributed by atoms with E-state index in [0.29, 0.717) is 19.5 Å². The molecule has 1 fully saturated rings. The Bertz CT molecular complexity index is 396. The summed E-state index contributed by atoms with van der Waals surface area (Å²) in [5.74, 6) is -0.285. The van der Waals surface area contributed by atoms with Crippen molar-refractivity contribution in [1.82, 2.24) is 4.98 Å². The Hall–Kier alpha value is -1.20. The minimum Gasteiger partial charge on any atom is -0.392 e. The topological polar surface area (TPSA) is 56.6 Å². The smallest absolute Gasteiger partial charge is 0.171 e. The molecule has 0 aromatic carbocycles. The number of rotatable bonds is 2. The van der Waals surface area contributed by atoms with E-state index in [0.717, 1.165) is 0 Å². The molecule has 0 saturated carbocycles. The van der Waals surface area contributed by atoms with Crippen LogP contribution in [0.15, 0.2) is 12.3 Å². The first kappa shape index (κ1) is 11.3. The Balaban J connectivity index is 2.28. The second-order valence-electron chi connectivity index (χ2n) is 4.43. The van der Waals surface area contributed by atoms with Crippen molar-refractivity contribution in [3.8, 4) is 0 Å². The number of aliphatic hydroxyl groups is 2. The average Bonchev–Trinajstić information content (AvgIpc) is 2.59. The van der Waals surface area contributed by atoms with Gasteiger partial charge < -0.3 is 15.1 Å². The quantitative estimate of drug-likeness (QED) is 0.778. The van der Waals surface area contributed by atoms with Gasteiger partial charge in [0.15, 0.2) is 11.6 Å². The largest absolute Gasteiger partial charge is 0.392 e. The third-order valence-corrected chi connectivity index (χ3v) is 2.87. The Labute approximate surface area is 93.3 Å². The van der Waals surface area contributed by atoms with E-state index in [2.05, 4.69) is 4.98 Å². The molecule has 2 N–H and O–H groups in total. The van der Waals surface area contributed by atoms with Gasteiger partial charge in [-0.15, -0.1) is 0 Å². The maximum atomic E-state index is 13.8. The summed E-state index contributed by atoms with van der Waals surface area (Å²) in [5, 5.41) is 18.8. The van der Waals surface area contributed by atoms with Gasteiger partial charge in [0.25, 0.3) is 0 Å². The van der Waals surface area contributed by atoms with Crippen LogP contribution in [0.5, 0.6) is 0 Å². The Morgan fingerprint density at radius 3 is 2.94 bits per heavy atom. The third-order valence-electron chi connectivity index (χ3n) is 2.87. The number of hydrogen-bond donors (Lipinski definition) is 2. The molecule has 16 heavy (non-hydrogen) atoms. The number of hydrogen-bond acceptors (Lipinski definition) is 4. The second-order valence-corrected chi connectivity index (χ2v) is 4.43. The predicted octanol–water partition coefficient (Wildman–Crippen LogP) is 0.674. The highest BCUT2D eigenvalue weighted by Gasteiger charge is 2.33. The zero-order valence-electron chi connectivity index (χ0n) is 9.15. The highest BCUT2D eigenvalue weighted by atomic mass is 19.1. The van der Waals surface area contributed by atoms with E-state index in [-0.39, 0.29) is 18.0 Å². The molecule has 2 heterocycles. The summed E-state index contributed by atoms with van der Waals surface area (Å²) in [6.07, 6.45) is 2.06. The lowest BCUT2D eigenvalue weighted by atomic mass is 10.1. The van der Waals surface area contributed by atoms with Crippen LogP contribution in [0.25, 0.3) is 0 Å². The summed E-state index contributed by atoms with van der Waals surface area (Å²) >= 11 is 0. The van der Waals surface area contributed by atoms with Crippen LogP contribution in [0.1, 0.15) is 18.9 Å². The summed E-state index contributed by atoms with van der Waals surface area (Å²) in [4.78, 5) is 5.67. The molecule has 2 rings (SSSR count). The molecule has 1 aromatic rings. The predicted molar refractivity (Wildman–Crippen MR) is 57.6 cm³/mol. The number of pyridine rings is 1. The molecule has 88 valence electrons. The van der Waals surface area contributed by atoms with Gasteiger partial charge in [-0.2, -0.15) is 0 Å². The van der Waals surface area contributed by atoms with Crippen molar-refractivity contribution in [3.05, 3.63) is 23.6 Å². The number of nitrogens with zero attached hydrogens (tertiary/aromatic N) is 2. The molecule has 1 aliphatic heterocycles. The molecule has 0 spiro atoms. The van der Waals surface area contributed by atoms with Gasteiger partial charge in [0.2, 0.25) is 0 Å². The maximum Gasteiger partial charge on any atom is 0.171 e. The minimum absolute atomic E-state index is 0.212. The van der Waals surface area contributed by atoms with Crippen LogP contribution in [0.4, 0.5) is 10.2 Å². The minimum atomic E-state index is -0.788. The van der Waals surface area contributed by atoms with Gasteiger partial charge >= 0.3 is 0 Å². The van der Waals surface area contributed by atoms with Gasteiger partial charge in [0.05, 0.1) is 12.2 Å². The van der Waals surface area contributed by atoms with Crippen LogP contribution in [0.3, 0.4) is 0 Å². The molecule has 1 aliphatic rings. The SMILES string of the molecule is CC1(O)CCN(c2nccc(CO)c2F)C1. The van der Waals surface area contributed by atoms with Gasteiger partial charge in [-0.25, -0.2) is 9.37 Å². The van der Waals surface area contributed by atoms with Crippen LogP contribution >= 0.6 is 0 Å². The maximum absolute atomic E-state index is 13.8. The molecule has 1 saturated heterocycles. The lowest BCUT2D eigenvalue weighted by molar-refractivity contribution is 0.0838. The molecule has 0 amide bonds. The fourth-order valence-electron chi connectivity index (χ4n) is 1.94. The van der Waals surface area contributed by atoms with Crippen molar-refractivity contribution in [2.45, 2.75) is 25.6 Å². The van der Waals surface area contributed by atoms with Gasteiger partial charge in [-0.1, -0.05) is 0 Å². The fraction of sp³-hybridized carbons (Fsp3) is 0.545. The summed E-state index contributed by atoms with van der Waals surface area (Å²) in [5.41, 5.74) is -0.555. The van der Waals surface area contributed by atoms with Crippen LogP contribution in [0, 0.1) is 5.82 Å². The Morgan fingerprint density at radius 2 is 2.38 bits per heavy atom. The third kappa shape index (κ3) is 2.01. The molecule has 0 aliphatic carbocycles. The van der Waals surface area contributed by atoms with E-state index in [1.807, 2.05) is 0 Å². The summed E-state index contributed by atoms with van der Waals surface area (Å²) < 4.78 is 13.8. The first-order chi connectivity index (χ1) is 7.53. The molecule has 4 nitrogen and oxygen atoms in total. The number of aliphatic hydroxyl groups excluding tert-OH is 1. The summed E-state index contributed by atoms with van der Waals surface area (Å²) in [6.45, 7) is 2.32. The van der Waals surface area contributed by atoms with Crippen LogP contribution in [0.2, 0.25) is 0 Å². The van der Waals surface area contributed by atoms with E-state index in [1.54, 1.807) is 11.8 Å². The fourth-order valence-corrected chi connectivity index (χ4v) is 1.94.